The van der Waals surface area contributed by atoms with Crippen LogP contribution in [0.1, 0.15) is 25.8 Å². The number of nitrogens with one attached hydrogen (secondary N) is 2. The van der Waals surface area contributed by atoms with Crippen molar-refractivity contribution in [3.8, 4) is 5.75 Å². The number of carbonyl (C=O) groups excluding carboxylic acids is 1. The molecule has 1 aromatic heterocycles. The number of H-pyrrole nitrogens is 1. The van der Waals surface area contributed by atoms with Crippen LogP contribution < -0.4 is 15.1 Å². The number of aromatic nitrogens is 2. The van der Waals surface area contributed by atoms with E-state index in [9.17, 15) is 9.90 Å². The summed E-state index contributed by atoms with van der Waals surface area (Å²) in [5.74, 6) is 0.0391. The molecule has 3 aromatic rings. The minimum absolute atomic E-state index is 0.0443. The highest BCUT2D eigenvalue weighted by atomic mass is 32.2. The molecule has 1 amide bonds. The molecule has 0 saturated heterocycles. The second-order valence-corrected chi connectivity index (χ2v) is 6.92. The number of hydrogen-bond donors (Lipinski definition) is 2. The highest BCUT2D eigenvalue weighted by Crippen LogP contribution is 2.17. The first-order chi connectivity index (χ1) is 13.1. The van der Waals surface area contributed by atoms with Crippen LogP contribution in [-0.4, -0.2) is 22.4 Å². The normalized spacial score (nSPS) is 11.7. The summed E-state index contributed by atoms with van der Waals surface area (Å²) in [6.45, 7) is 4.86. The zero-order valence-corrected chi connectivity index (χ0v) is 16.2. The molecular weight excluding hydrogens is 360 g/mol. The van der Waals surface area contributed by atoms with Crippen molar-refractivity contribution in [2.45, 2.75) is 32.0 Å². The molecule has 0 fully saturated rings. The van der Waals surface area contributed by atoms with E-state index in [1.807, 2.05) is 25.1 Å². The molecule has 7 heteroatoms. The molecule has 27 heavy (non-hydrogen) atoms. The van der Waals surface area contributed by atoms with E-state index in [1.165, 1.54) is 23.9 Å². The minimum atomic E-state index is -0.173. The van der Waals surface area contributed by atoms with E-state index in [0.29, 0.717) is 6.42 Å². The van der Waals surface area contributed by atoms with Crippen LogP contribution in [0.15, 0.2) is 58.8 Å². The third-order valence-electron chi connectivity index (χ3n) is 4.18. The van der Waals surface area contributed by atoms with Crippen LogP contribution in [0.25, 0.3) is 11.0 Å². The molecule has 0 aliphatic carbocycles. The maximum Gasteiger partial charge on any atom is 0.317 e. The molecule has 0 unspecified atom stereocenters. The smallest absolute Gasteiger partial charge is 0.317 e. The van der Waals surface area contributed by atoms with Gasteiger partial charge in [-0.2, -0.15) is 5.10 Å². The molecule has 0 aliphatic rings. The van der Waals surface area contributed by atoms with E-state index in [4.69, 9.17) is 0 Å². The quantitative estimate of drug-likeness (QED) is 0.285. The third kappa shape index (κ3) is 4.49. The van der Waals surface area contributed by atoms with Gasteiger partial charge in [-0.3, -0.25) is 4.79 Å². The molecule has 0 bridgehead atoms. The first-order valence-electron chi connectivity index (χ1n) is 8.88. The number of aryl methyl sites for hydroxylation is 1. The van der Waals surface area contributed by atoms with Gasteiger partial charge in [-0.15, -0.1) is 5.75 Å². The summed E-state index contributed by atoms with van der Waals surface area (Å²) in [6, 6.07) is 14.5. The number of imidazole rings is 1. The Morgan fingerprint density at radius 3 is 2.63 bits per heavy atom. The molecule has 0 spiro atoms. The summed E-state index contributed by atoms with van der Waals surface area (Å²) >= 11 is 1.45. The maximum absolute atomic E-state index is 12.2. The lowest BCUT2D eigenvalue weighted by molar-refractivity contribution is -0.705. The summed E-state index contributed by atoms with van der Waals surface area (Å²) in [5, 5.41) is 16.4. The predicted octanol–water partition coefficient (Wildman–Crippen LogP) is 2.57. The van der Waals surface area contributed by atoms with Gasteiger partial charge in [0.15, 0.2) is 11.0 Å². The summed E-state index contributed by atoms with van der Waals surface area (Å²) < 4.78 is 2.15. The minimum Gasteiger partial charge on any atom is -0.872 e. The van der Waals surface area contributed by atoms with E-state index >= 15 is 0 Å². The number of carbonyl (C=O) groups is 1. The number of para-hydroxylation sites is 2. The van der Waals surface area contributed by atoms with Gasteiger partial charge in [-0.05, 0) is 42.8 Å². The first kappa shape index (κ1) is 19.0. The number of rotatable bonds is 7. The molecule has 0 radical (unpaired) electrons. The van der Waals surface area contributed by atoms with Gasteiger partial charge < -0.3 is 5.11 Å². The molecule has 140 valence electrons. The molecule has 0 saturated carbocycles. The molecule has 3 rings (SSSR count). The van der Waals surface area contributed by atoms with Gasteiger partial charge in [0.25, 0.3) is 5.91 Å². The lowest BCUT2D eigenvalue weighted by Crippen LogP contribution is -2.34. The van der Waals surface area contributed by atoms with Gasteiger partial charge >= 0.3 is 5.16 Å². The number of hydrazone groups is 1. The number of nitrogens with zero attached hydrogens (tertiary/aromatic N) is 2. The van der Waals surface area contributed by atoms with E-state index in [1.54, 1.807) is 12.1 Å². The zero-order chi connectivity index (χ0) is 19.2. The Hall–Kier alpha value is -2.80. The summed E-state index contributed by atoms with van der Waals surface area (Å²) in [5.41, 5.74) is 6.36. The maximum atomic E-state index is 12.2. The second kappa shape index (κ2) is 8.73. The number of amides is 1. The molecular formula is C20H22N4O2S. The monoisotopic (exact) mass is 382 g/mol. The van der Waals surface area contributed by atoms with E-state index < -0.39 is 0 Å². The van der Waals surface area contributed by atoms with Crippen molar-refractivity contribution < 1.29 is 14.5 Å². The Balaban J connectivity index is 1.65. The van der Waals surface area contributed by atoms with E-state index in [-0.39, 0.29) is 17.4 Å². The van der Waals surface area contributed by atoms with Gasteiger partial charge in [0, 0.05) is 0 Å². The molecule has 0 aliphatic heterocycles. The topological polar surface area (TPSA) is 84.2 Å². The number of benzene rings is 2. The SMILES string of the molecule is CCC(=NNC(=O)CSc1[nH]c2ccccc2[n+]1CC)c1ccc([O-])cc1. The Morgan fingerprint density at radius 1 is 1.19 bits per heavy atom. The van der Waals surface area contributed by atoms with Crippen molar-refractivity contribution in [2.75, 3.05) is 5.75 Å². The number of hydrogen-bond acceptors (Lipinski definition) is 4. The van der Waals surface area contributed by atoms with Crippen molar-refractivity contribution in [3.05, 3.63) is 54.1 Å². The summed E-state index contributed by atoms with van der Waals surface area (Å²) in [6.07, 6.45) is 0.656. The molecule has 1 heterocycles. The number of aromatic amines is 1. The average molecular weight is 382 g/mol. The van der Waals surface area contributed by atoms with Gasteiger partial charge in [0.05, 0.1) is 18.0 Å². The van der Waals surface area contributed by atoms with Crippen LogP contribution in [-0.2, 0) is 11.3 Å². The number of thioether (sulfide) groups is 1. The fraction of sp³-hybridized carbons (Fsp3) is 0.250. The Kier molecular flexibility index (Phi) is 6.13. The van der Waals surface area contributed by atoms with Gasteiger partial charge in [-0.25, -0.2) is 15.0 Å². The van der Waals surface area contributed by atoms with Crippen molar-refractivity contribution >= 4 is 34.4 Å². The Bertz CT molecular complexity index is 964. The Morgan fingerprint density at radius 2 is 1.93 bits per heavy atom. The van der Waals surface area contributed by atoms with Gasteiger partial charge in [0.2, 0.25) is 0 Å². The van der Waals surface area contributed by atoms with E-state index in [2.05, 4.69) is 33.1 Å². The summed E-state index contributed by atoms with van der Waals surface area (Å²) in [4.78, 5) is 15.6. The van der Waals surface area contributed by atoms with Gasteiger partial charge in [-0.1, -0.05) is 43.3 Å². The molecule has 2 N–H and O–H groups in total. The first-order valence-corrected chi connectivity index (χ1v) is 9.87. The van der Waals surface area contributed by atoms with E-state index in [0.717, 1.165) is 34.0 Å². The zero-order valence-electron chi connectivity index (χ0n) is 15.4. The highest BCUT2D eigenvalue weighted by Gasteiger charge is 2.18. The van der Waals surface area contributed by atoms with Crippen LogP contribution in [0.2, 0.25) is 0 Å². The van der Waals surface area contributed by atoms with Crippen molar-refractivity contribution in [1.82, 2.24) is 10.4 Å². The van der Waals surface area contributed by atoms with Crippen LogP contribution >= 0.6 is 11.8 Å². The third-order valence-corrected chi connectivity index (χ3v) is 5.18. The molecule has 2 aromatic carbocycles. The highest BCUT2D eigenvalue weighted by molar-refractivity contribution is 7.99. The van der Waals surface area contributed by atoms with Crippen LogP contribution in [0, 0.1) is 0 Å². The second-order valence-electron chi connectivity index (χ2n) is 5.95. The van der Waals surface area contributed by atoms with Crippen molar-refractivity contribution in [2.24, 2.45) is 5.10 Å². The van der Waals surface area contributed by atoms with Crippen LogP contribution in [0.5, 0.6) is 5.75 Å². The standard InChI is InChI=1S/C20H22N4O2S/c1-3-16(14-9-11-15(25)12-10-14)22-23-19(26)13-27-20-21-17-7-5-6-8-18(17)24(20)4-2/h5-12H,3-4,13H2,1-2H3,(H2,22,23,25,26). The largest absolute Gasteiger partial charge is 0.872 e. The average Bonchev–Trinajstić information content (AvgIpc) is 3.05. The van der Waals surface area contributed by atoms with Crippen molar-refractivity contribution in [1.29, 1.82) is 0 Å². The lowest BCUT2D eigenvalue weighted by atomic mass is 10.1. The van der Waals surface area contributed by atoms with Crippen molar-refractivity contribution in [3.63, 3.8) is 0 Å². The summed E-state index contributed by atoms with van der Waals surface area (Å²) in [7, 11) is 0. The molecule has 0 atom stereocenters. The van der Waals surface area contributed by atoms with Crippen LogP contribution in [0.4, 0.5) is 0 Å². The molecule has 6 nitrogen and oxygen atoms in total. The Labute approximate surface area is 162 Å². The van der Waals surface area contributed by atoms with Crippen LogP contribution in [0.3, 0.4) is 0 Å². The van der Waals surface area contributed by atoms with Gasteiger partial charge in [0.1, 0.15) is 0 Å². The number of fused-ring (bicyclic) bond motifs is 1. The fourth-order valence-corrected chi connectivity index (χ4v) is 3.72. The lowest BCUT2D eigenvalue weighted by Gasteiger charge is -2.08. The predicted molar refractivity (Wildman–Crippen MR) is 106 cm³/mol. The fourth-order valence-electron chi connectivity index (χ4n) is 2.83.